The Hall–Kier alpha value is -3.65. The van der Waals surface area contributed by atoms with Gasteiger partial charge in [-0.25, -0.2) is 9.66 Å². The fraction of sp³-hybridized carbons (Fsp3) is 0.174. The van der Waals surface area contributed by atoms with Crippen LogP contribution in [-0.2, 0) is 13.0 Å². The van der Waals surface area contributed by atoms with Crippen molar-refractivity contribution >= 4 is 27.5 Å². The van der Waals surface area contributed by atoms with Crippen LogP contribution in [0.15, 0.2) is 65.7 Å². The number of methoxy groups -OCH3 is 1. The number of fused-ring (bicyclic) bond motifs is 1. The highest BCUT2D eigenvalue weighted by molar-refractivity contribution is 7.18. The summed E-state index contributed by atoms with van der Waals surface area (Å²) in [6.45, 7) is 2.40. The highest BCUT2D eigenvalue weighted by Crippen LogP contribution is 2.29. The van der Waals surface area contributed by atoms with Gasteiger partial charge in [-0.2, -0.15) is 0 Å². The minimum atomic E-state index is -0.456. The van der Waals surface area contributed by atoms with E-state index in [0.717, 1.165) is 21.5 Å². The standard InChI is InChI=1S/C23H21N3O4S/c1-3-17-12-18-22(31-17)24-14-26(23(18)28)25-21(27)16-9-10-19(20(11-16)29-2)30-13-15-7-5-4-6-8-15/h4-12,14H,3,13H2,1-2H3,(H,25,27). The molecule has 8 heteroatoms. The molecule has 0 atom stereocenters. The van der Waals surface area contributed by atoms with Crippen molar-refractivity contribution in [1.29, 1.82) is 0 Å². The molecular formula is C23H21N3O4S. The molecule has 0 fully saturated rings. The molecule has 4 aromatic rings. The zero-order valence-electron chi connectivity index (χ0n) is 17.1. The topological polar surface area (TPSA) is 82.5 Å². The Bertz CT molecular complexity index is 1280. The van der Waals surface area contributed by atoms with Gasteiger partial charge in [0.25, 0.3) is 11.5 Å². The van der Waals surface area contributed by atoms with Crippen molar-refractivity contribution in [2.24, 2.45) is 0 Å². The maximum absolute atomic E-state index is 12.7. The molecule has 0 aliphatic rings. The van der Waals surface area contributed by atoms with Gasteiger partial charge >= 0.3 is 0 Å². The summed E-state index contributed by atoms with van der Waals surface area (Å²) in [6.07, 6.45) is 2.15. The van der Waals surface area contributed by atoms with E-state index in [1.54, 1.807) is 18.2 Å². The van der Waals surface area contributed by atoms with Crippen LogP contribution < -0.4 is 20.5 Å². The lowest BCUT2D eigenvalue weighted by Crippen LogP contribution is -2.33. The van der Waals surface area contributed by atoms with E-state index in [4.69, 9.17) is 9.47 Å². The first-order valence-electron chi connectivity index (χ1n) is 9.75. The molecule has 4 rings (SSSR count). The van der Waals surface area contributed by atoms with Gasteiger partial charge in [-0.1, -0.05) is 37.3 Å². The lowest BCUT2D eigenvalue weighted by atomic mass is 10.2. The first-order valence-corrected chi connectivity index (χ1v) is 10.6. The van der Waals surface area contributed by atoms with E-state index in [1.165, 1.54) is 24.8 Å². The van der Waals surface area contributed by atoms with Crippen LogP contribution in [0.3, 0.4) is 0 Å². The Kier molecular flexibility index (Phi) is 5.99. The van der Waals surface area contributed by atoms with Crippen molar-refractivity contribution < 1.29 is 14.3 Å². The normalized spacial score (nSPS) is 10.8. The van der Waals surface area contributed by atoms with Gasteiger partial charge in [0.1, 0.15) is 17.8 Å². The summed E-state index contributed by atoms with van der Waals surface area (Å²) < 4.78 is 12.3. The summed E-state index contributed by atoms with van der Waals surface area (Å²) in [5.41, 5.74) is 3.62. The minimum absolute atomic E-state index is 0.316. The monoisotopic (exact) mass is 435 g/mol. The van der Waals surface area contributed by atoms with Crippen LogP contribution in [-0.4, -0.2) is 22.7 Å². The molecular weight excluding hydrogens is 414 g/mol. The second-order valence-electron chi connectivity index (χ2n) is 6.79. The van der Waals surface area contributed by atoms with E-state index in [2.05, 4.69) is 10.4 Å². The highest BCUT2D eigenvalue weighted by atomic mass is 32.1. The van der Waals surface area contributed by atoms with Crippen LogP contribution >= 0.6 is 11.3 Å². The number of ether oxygens (including phenoxy) is 2. The van der Waals surface area contributed by atoms with Crippen LogP contribution in [0, 0.1) is 0 Å². The quantitative estimate of drug-likeness (QED) is 0.475. The minimum Gasteiger partial charge on any atom is -0.493 e. The summed E-state index contributed by atoms with van der Waals surface area (Å²) in [4.78, 5) is 31.4. The number of hydrogen-bond acceptors (Lipinski definition) is 6. The Balaban J connectivity index is 1.52. The summed E-state index contributed by atoms with van der Waals surface area (Å²) in [5, 5.41) is 0.492. The fourth-order valence-corrected chi connectivity index (χ4v) is 3.99. The van der Waals surface area contributed by atoms with Crippen molar-refractivity contribution in [3.05, 3.63) is 87.3 Å². The number of hydrogen-bond donors (Lipinski definition) is 1. The van der Waals surface area contributed by atoms with E-state index >= 15 is 0 Å². The molecule has 2 aromatic carbocycles. The molecule has 0 saturated carbocycles. The van der Waals surface area contributed by atoms with Crippen molar-refractivity contribution in [2.45, 2.75) is 20.0 Å². The molecule has 0 radical (unpaired) electrons. The maximum Gasteiger partial charge on any atom is 0.280 e. The second-order valence-corrected chi connectivity index (χ2v) is 7.90. The van der Waals surface area contributed by atoms with Gasteiger partial charge in [0, 0.05) is 10.4 Å². The molecule has 7 nitrogen and oxygen atoms in total. The number of carbonyl (C=O) groups excluding carboxylic acids is 1. The Labute approximate surface area is 182 Å². The van der Waals surface area contributed by atoms with Gasteiger partial charge in [-0.05, 0) is 36.2 Å². The molecule has 0 saturated heterocycles. The predicted molar refractivity (Wildman–Crippen MR) is 121 cm³/mol. The summed E-state index contributed by atoms with van der Waals surface area (Å²) in [7, 11) is 1.51. The highest BCUT2D eigenvalue weighted by Gasteiger charge is 2.14. The third-order valence-electron chi connectivity index (χ3n) is 4.74. The smallest absolute Gasteiger partial charge is 0.280 e. The molecule has 0 spiro atoms. The second kappa shape index (κ2) is 9.01. The molecule has 158 valence electrons. The van der Waals surface area contributed by atoms with E-state index in [-0.39, 0.29) is 5.56 Å². The molecule has 0 unspecified atom stereocenters. The molecule has 0 bridgehead atoms. The van der Waals surface area contributed by atoms with Crippen LogP contribution in [0.2, 0.25) is 0 Å². The van der Waals surface area contributed by atoms with Crippen molar-refractivity contribution in [3.63, 3.8) is 0 Å². The number of rotatable bonds is 7. The molecule has 1 amide bonds. The molecule has 0 aliphatic heterocycles. The van der Waals surface area contributed by atoms with Crippen molar-refractivity contribution in [2.75, 3.05) is 12.5 Å². The Morgan fingerprint density at radius 1 is 1.13 bits per heavy atom. The van der Waals surface area contributed by atoms with Gasteiger partial charge < -0.3 is 9.47 Å². The van der Waals surface area contributed by atoms with E-state index in [9.17, 15) is 9.59 Å². The van der Waals surface area contributed by atoms with Crippen LogP contribution in [0.5, 0.6) is 11.5 Å². The summed E-state index contributed by atoms with van der Waals surface area (Å²) >= 11 is 1.48. The zero-order chi connectivity index (χ0) is 21.8. The number of carbonyl (C=O) groups is 1. The number of thiophene rings is 1. The molecule has 2 heterocycles. The molecule has 31 heavy (non-hydrogen) atoms. The maximum atomic E-state index is 12.7. The van der Waals surface area contributed by atoms with E-state index < -0.39 is 5.91 Å². The number of amides is 1. The molecule has 0 aliphatic carbocycles. The fourth-order valence-electron chi connectivity index (χ4n) is 3.06. The Morgan fingerprint density at radius 2 is 1.94 bits per heavy atom. The SMILES string of the molecule is CCc1cc2c(=O)n(NC(=O)c3ccc(OCc4ccccc4)c(OC)c3)cnc2s1. The summed E-state index contributed by atoms with van der Waals surface area (Å²) in [6, 6.07) is 16.4. The van der Waals surface area contributed by atoms with Crippen LogP contribution in [0.25, 0.3) is 10.2 Å². The average Bonchev–Trinajstić information content (AvgIpc) is 3.24. The van der Waals surface area contributed by atoms with E-state index in [1.807, 2.05) is 43.3 Å². The number of aryl methyl sites for hydroxylation is 1. The van der Waals surface area contributed by atoms with E-state index in [0.29, 0.717) is 33.9 Å². The predicted octanol–water partition coefficient (Wildman–Crippen LogP) is 3.99. The summed E-state index contributed by atoms with van der Waals surface area (Å²) in [5.74, 6) is 0.491. The van der Waals surface area contributed by atoms with Gasteiger partial charge in [-0.15, -0.1) is 11.3 Å². The van der Waals surface area contributed by atoms with Crippen LogP contribution in [0.4, 0.5) is 0 Å². The molecule has 1 N–H and O–H groups in total. The third kappa shape index (κ3) is 4.44. The number of nitrogens with zero attached hydrogens (tertiary/aromatic N) is 2. The first kappa shape index (κ1) is 20.6. The lowest BCUT2D eigenvalue weighted by Gasteiger charge is -2.13. The van der Waals surface area contributed by atoms with Crippen LogP contribution in [0.1, 0.15) is 27.7 Å². The third-order valence-corrected chi connectivity index (χ3v) is 5.92. The van der Waals surface area contributed by atoms with Gasteiger partial charge in [0.05, 0.1) is 12.5 Å². The van der Waals surface area contributed by atoms with Gasteiger partial charge in [-0.3, -0.25) is 15.0 Å². The average molecular weight is 436 g/mol. The lowest BCUT2D eigenvalue weighted by molar-refractivity contribution is 0.101. The number of nitrogens with one attached hydrogen (secondary N) is 1. The largest absolute Gasteiger partial charge is 0.493 e. The van der Waals surface area contributed by atoms with Crippen molar-refractivity contribution in [3.8, 4) is 11.5 Å². The Morgan fingerprint density at radius 3 is 2.68 bits per heavy atom. The number of aromatic nitrogens is 2. The van der Waals surface area contributed by atoms with Gasteiger partial charge in [0.15, 0.2) is 11.5 Å². The number of benzene rings is 2. The first-order chi connectivity index (χ1) is 15.1. The van der Waals surface area contributed by atoms with Crippen molar-refractivity contribution in [1.82, 2.24) is 9.66 Å². The zero-order valence-corrected chi connectivity index (χ0v) is 17.9. The molecule has 2 aromatic heterocycles. The van der Waals surface area contributed by atoms with Gasteiger partial charge in [0.2, 0.25) is 0 Å².